The van der Waals surface area contributed by atoms with Crippen molar-refractivity contribution in [2.45, 2.75) is 33.2 Å². The summed E-state index contributed by atoms with van der Waals surface area (Å²) in [6.45, 7) is 12.2. The van der Waals surface area contributed by atoms with E-state index < -0.39 is 0 Å². The third-order valence-electron chi connectivity index (χ3n) is 2.56. The molecule has 0 fully saturated rings. The van der Waals surface area contributed by atoms with E-state index in [4.69, 9.17) is 4.74 Å². The maximum Gasteiger partial charge on any atom is 0.234 e. The van der Waals surface area contributed by atoms with Crippen LogP contribution in [0.15, 0.2) is 12.7 Å². The van der Waals surface area contributed by atoms with Crippen LogP contribution in [0.2, 0.25) is 0 Å². The van der Waals surface area contributed by atoms with Crippen LogP contribution < -0.4 is 10.6 Å². The molecule has 4 nitrogen and oxygen atoms in total. The first-order valence-corrected chi connectivity index (χ1v) is 6.26. The standard InChI is InChI=1S/C13H26N2O2/c1-5-6-8-17-9-7-14-10-13(16)15-12(4)11(2)3/h5,11-12,14H,1,6-10H2,2-4H3,(H,15,16). The summed E-state index contributed by atoms with van der Waals surface area (Å²) in [6, 6.07) is 0.216. The Morgan fingerprint density at radius 3 is 2.65 bits per heavy atom. The van der Waals surface area contributed by atoms with E-state index in [1.807, 2.05) is 13.0 Å². The number of ether oxygens (including phenoxy) is 1. The van der Waals surface area contributed by atoms with Crippen LogP contribution in [0.25, 0.3) is 0 Å². The Balaban J connectivity index is 3.36. The van der Waals surface area contributed by atoms with Gasteiger partial charge >= 0.3 is 0 Å². The van der Waals surface area contributed by atoms with Crippen LogP contribution in [0.1, 0.15) is 27.2 Å². The lowest BCUT2D eigenvalue weighted by molar-refractivity contribution is -0.121. The van der Waals surface area contributed by atoms with Crippen LogP contribution in [0.5, 0.6) is 0 Å². The number of hydrogen-bond donors (Lipinski definition) is 2. The topological polar surface area (TPSA) is 50.4 Å². The molecular formula is C13H26N2O2. The zero-order valence-electron chi connectivity index (χ0n) is 11.3. The molecule has 1 amide bonds. The van der Waals surface area contributed by atoms with Crippen molar-refractivity contribution in [3.8, 4) is 0 Å². The molecule has 1 unspecified atom stereocenters. The first kappa shape index (κ1) is 16.1. The largest absolute Gasteiger partial charge is 0.380 e. The van der Waals surface area contributed by atoms with Gasteiger partial charge in [0, 0.05) is 12.6 Å². The Hall–Kier alpha value is -0.870. The Kier molecular flexibility index (Phi) is 9.77. The first-order chi connectivity index (χ1) is 8.07. The lowest BCUT2D eigenvalue weighted by Crippen LogP contribution is -2.41. The smallest absolute Gasteiger partial charge is 0.234 e. The van der Waals surface area contributed by atoms with Gasteiger partial charge in [-0.2, -0.15) is 0 Å². The van der Waals surface area contributed by atoms with Crippen LogP contribution in [0.4, 0.5) is 0 Å². The maximum absolute atomic E-state index is 11.5. The number of nitrogens with one attached hydrogen (secondary N) is 2. The fourth-order valence-corrected chi connectivity index (χ4v) is 1.09. The third-order valence-corrected chi connectivity index (χ3v) is 2.56. The summed E-state index contributed by atoms with van der Waals surface area (Å²) in [4.78, 5) is 11.5. The minimum Gasteiger partial charge on any atom is -0.380 e. The molecule has 0 aromatic heterocycles. The van der Waals surface area contributed by atoms with Crippen LogP contribution in [-0.2, 0) is 9.53 Å². The number of amides is 1. The number of rotatable bonds is 10. The second kappa shape index (κ2) is 10.3. The Morgan fingerprint density at radius 1 is 1.35 bits per heavy atom. The number of carbonyl (C=O) groups excluding carboxylic acids is 1. The summed E-state index contributed by atoms with van der Waals surface area (Å²) in [6.07, 6.45) is 2.70. The Bertz CT molecular complexity index is 217. The normalized spacial score (nSPS) is 12.5. The highest BCUT2D eigenvalue weighted by molar-refractivity contribution is 5.78. The number of hydrogen-bond acceptors (Lipinski definition) is 3. The van der Waals surface area contributed by atoms with Gasteiger partial charge in [0.2, 0.25) is 5.91 Å². The predicted octanol–water partition coefficient (Wildman–Crippen LogP) is 1.33. The molecule has 0 rings (SSSR count). The summed E-state index contributed by atoms with van der Waals surface area (Å²) < 4.78 is 5.31. The second-order valence-corrected chi connectivity index (χ2v) is 4.47. The van der Waals surface area contributed by atoms with E-state index in [2.05, 4.69) is 31.1 Å². The van der Waals surface area contributed by atoms with Gasteiger partial charge in [-0.25, -0.2) is 0 Å². The van der Waals surface area contributed by atoms with Crippen molar-refractivity contribution in [2.75, 3.05) is 26.3 Å². The Labute approximate surface area is 105 Å². The lowest BCUT2D eigenvalue weighted by Gasteiger charge is -2.17. The molecule has 2 N–H and O–H groups in total. The van der Waals surface area contributed by atoms with Gasteiger partial charge in [-0.3, -0.25) is 4.79 Å². The van der Waals surface area contributed by atoms with Gasteiger partial charge in [0.15, 0.2) is 0 Å². The fourth-order valence-electron chi connectivity index (χ4n) is 1.09. The van der Waals surface area contributed by atoms with Crippen LogP contribution in [0, 0.1) is 5.92 Å². The molecular weight excluding hydrogens is 216 g/mol. The third kappa shape index (κ3) is 10.0. The van der Waals surface area contributed by atoms with Gasteiger partial charge in [0.1, 0.15) is 0 Å². The van der Waals surface area contributed by atoms with Gasteiger partial charge in [0.05, 0.1) is 19.8 Å². The molecule has 1 atom stereocenters. The molecule has 0 aliphatic heterocycles. The van der Waals surface area contributed by atoms with E-state index in [1.165, 1.54) is 0 Å². The highest BCUT2D eigenvalue weighted by atomic mass is 16.5. The summed E-state index contributed by atoms with van der Waals surface area (Å²) >= 11 is 0. The number of carbonyl (C=O) groups is 1. The molecule has 0 aliphatic carbocycles. The molecule has 0 aromatic rings. The zero-order valence-corrected chi connectivity index (χ0v) is 11.3. The summed E-state index contributed by atoms with van der Waals surface area (Å²) in [5, 5.41) is 5.98. The van der Waals surface area contributed by atoms with Gasteiger partial charge in [-0.1, -0.05) is 19.9 Å². The van der Waals surface area contributed by atoms with E-state index in [9.17, 15) is 4.79 Å². The first-order valence-electron chi connectivity index (χ1n) is 6.26. The molecule has 100 valence electrons. The maximum atomic E-state index is 11.5. The minimum atomic E-state index is 0.0392. The van der Waals surface area contributed by atoms with Gasteiger partial charge in [-0.05, 0) is 19.3 Å². The monoisotopic (exact) mass is 242 g/mol. The second-order valence-electron chi connectivity index (χ2n) is 4.47. The van der Waals surface area contributed by atoms with E-state index in [0.29, 0.717) is 32.2 Å². The average Bonchev–Trinajstić information content (AvgIpc) is 2.27. The molecule has 0 saturated heterocycles. The van der Waals surface area contributed by atoms with Crippen LogP contribution in [0.3, 0.4) is 0 Å². The van der Waals surface area contributed by atoms with Crippen molar-refractivity contribution in [3.63, 3.8) is 0 Å². The van der Waals surface area contributed by atoms with Crippen LogP contribution >= 0.6 is 0 Å². The Morgan fingerprint density at radius 2 is 2.06 bits per heavy atom. The van der Waals surface area contributed by atoms with Crippen molar-refractivity contribution >= 4 is 5.91 Å². The lowest BCUT2D eigenvalue weighted by atomic mass is 10.1. The van der Waals surface area contributed by atoms with E-state index in [-0.39, 0.29) is 11.9 Å². The summed E-state index contributed by atoms with van der Waals surface area (Å²) in [5.41, 5.74) is 0. The van der Waals surface area contributed by atoms with E-state index in [1.54, 1.807) is 0 Å². The highest BCUT2D eigenvalue weighted by Gasteiger charge is 2.09. The molecule has 4 heteroatoms. The highest BCUT2D eigenvalue weighted by Crippen LogP contribution is 1.98. The van der Waals surface area contributed by atoms with Gasteiger partial charge in [-0.15, -0.1) is 6.58 Å². The van der Waals surface area contributed by atoms with Crippen molar-refractivity contribution in [1.29, 1.82) is 0 Å². The van der Waals surface area contributed by atoms with Crippen molar-refractivity contribution in [2.24, 2.45) is 5.92 Å². The van der Waals surface area contributed by atoms with Crippen LogP contribution in [-0.4, -0.2) is 38.3 Å². The van der Waals surface area contributed by atoms with Crippen molar-refractivity contribution in [3.05, 3.63) is 12.7 Å². The molecule has 0 saturated carbocycles. The quantitative estimate of drug-likeness (QED) is 0.449. The molecule has 0 bridgehead atoms. The fraction of sp³-hybridized carbons (Fsp3) is 0.769. The molecule has 0 heterocycles. The van der Waals surface area contributed by atoms with Crippen molar-refractivity contribution < 1.29 is 9.53 Å². The molecule has 17 heavy (non-hydrogen) atoms. The van der Waals surface area contributed by atoms with E-state index in [0.717, 1.165) is 6.42 Å². The summed E-state index contributed by atoms with van der Waals surface area (Å²) in [7, 11) is 0. The van der Waals surface area contributed by atoms with Gasteiger partial charge in [0.25, 0.3) is 0 Å². The molecule has 0 radical (unpaired) electrons. The molecule has 0 aliphatic rings. The minimum absolute atomic E-state index is 0.0392. The van der Waals surface area contributed by atoms with Crippen molar-refractivity contribution in [1.82, 2.24) is 10.6 Å². The molecule has 0 spiro atoms. The zero-order chi connectivity index (χ0) is 13.1. The van der Waals surface area contributed by atoms with Gasteiger partial charge < -0.3 is 15.4 Å². The summed E-state index contributed by atoms with van der Waals surface area (Å²) in [5.74, 6) is 0.499. The average molecular weight is 242 g/mol. The predicted molar refractivity (Wildman–Crippen MR) is 70.9 cm³/mol. The molecule has 0 aromatic carbocycles. The SMILES string of the molecule is C=CCCOCCNCC(=O)NC(C)C(C)C. The van der Waals surface area contributed by atoms with E-state index >= 15 is 0 Å².